The highest BCUT2D eigenvalue weighted by Gasteiger charge is 2.28. The van der Waals surface area contributed by atoms with Crippen LogP contribution in [0.4, 0.5) is 5.82 Å². The van der Waals surface area contributed by atoms with Gasteiger partial charge in [0.15, 0.2) is 0 Å². The standard InChI is InChI=1S/C16H19N3O/c1-10-8-13(16(18)19-9-10)15(17)12-6-7-20-14-5-3-2-4-11(12)14/h2-5,8-9,12,15H,6-7,17H2,1H3,(H2,18,19). The van der Waals surface area contributed by atoms with Crippen molar-refractivity contribution in [2.24, 2.45) is 5.73 Å². The Balaban J connectivity index is 1.99. The zero-order valence-electron chi connectivity index (χ0n) is 11.5. The van der Waals surface area contributed by atoms with Gasteiger partial charge in [0.05, 0.1) is 6.61 Å². The van der Waals surface area contributed by atoms with E-state index in [4.69, 9.17) is 16.2 Å². The Labute approximate surface area is 118 Å². The first-order valence-corrected chi connectivity index (χ1v) is 6.86. The number of ether oxygens (including phenoxy) is 1. The maximum atomic E-state index is 6.48. The third kappa shape index (κ3) is 2.23. The number of rotatable bonds is 2. The Morgan fingerprint density at radius 1 is 1.35 bits per heavy atom. The van der Waals surface area contributed by atoms with E-state index in [2.05, 4.69) is 11.1 Å². The number of fused-ring (bicyclic) bond motifs is 1. The molecule has 1 aliphatic heterocycles. The zero-order chi connectivity index (χ0) is 14.1. The van der Waals surface area contributed by atoms with Crippen LogP contribution in [0.15, 0.2) is 36.5 Å². The summed E-state index contributed by atoms with van der Waals surface area (Å²) in [5, 5.41) is 0. The van der Waals surface area contributed by atoms with E-state index in [0.717, 1.165) is 28.9 Å². The van der Waals surface area contributed by atoms with E-state index in [9.17, 15) is 0 Å². The maximum Gasteiger partial charge on any atom is 0.128 e. The molecule has 1 aromatic heterocycles. The average Bonchev–Trinajstić information content (AvgIpc) is 2.48. The molecule has 0 bridgehead atoms. The topological polar surface area (TPSA) is 74.2 Å². The van der Waals surface area contributed by atoms with E-state index in [1.165, 1.54) is 0 Å². The fraction of sp³-hybridized carbons (Fsp3) is 0.312. The molecule has 2 atom stereocenters. The van der Waals surface area contributed by atoms with Crippen LogP contribution in [0.5, 0.6) is 5.75 Å². The lowest BCUT2D eigenvalue weighted by atomic mass is 9.83. The van der Waals surface area contributed by atoms with Crippen molar-refractivity contribution in [3.8, 4) is 5.75 Å². The molecule has 0 saturated heterocycles. The molecule has 0 radical (unpaired) electrons. The molecule has 2 heterocycles. The fourth-order valence-electron chi connectivity index (χ4n) is 2.83. The van der Waals surface area contributed by atoms with E-state index in [1.54, 1.807) is 6.20 Å². The van der Waals surface area contributed by atoms with E-state index in [0.29, 0.717) is 12.4 Å². The third-order valence-corrected chi connectivity index (χ3v) is 3.88. The third-order valence-electron chi connectivity index (χ3n) is 3.88. The lowest BCUT2D eigenvalue weighted by Crippen LogP contribution is -2.26. The van der Waals surface area contributed by atoms with Gasteiger partial charge in [-0.05, 0) is 36.6 Å². The number of nitrogen functional groups attached to an aromatic ring is 1. The molecule has 2 unspecified atom stereocenters. The van der Waals surface area contributed by atoms with Crippen molar-refractivity contribution in [1.82, 2.24) is 4.98 Å². The van der Waals surface area contributed by atoms with Crippen molar-refractivity contribution in [3.63, 3.8) is 0 Å². The van der Waals surface area contributed by atoms with Gasteiger partial charge in [-0.15, -0.1) is 0 Å². The Hall–Kier alpha value is -2.07. The molecule has 1 aromatic carbocycles. The maximum absolute atomic E-state index is 6.48. The SMILES string of the molecule is Cc1cnc(N)c(C(N)C2CCOc3ccccc32)c1. The molecular weight excluding hydrogens is 250 g/mol. The van der Waals surface area contributed by atoms with Gasteiger partial charge in [-0.2, -0.15) is 0 Å². The number of hydrogen-bond donors (Lipinski definition) is 2. The van der Waals surface area contributed by atoms with Gasteiger partial charge in [-0.1, -0.05) is 18.2 Å². The molecule has 3 rings (SSSR count). The van der Waals surface area contributed by atoms with Crippen LogP contribution in [0, 0.1) is 6.92 Å². The molecule has 0 fully saturated rings. The van der Waals surface area contributed by atoms with Crippen LogP contribution in [0.1, 0.15) is 35.1 Å². The van der Waals surface area contributed by atoms with Crippen LogP contribution in [0.25, 0.3) is 0 Å². The molecule has 0 spiro atoms. The molecule has 1 aliphatic rings. The summed E-state index contributed by atoms with van der Waals surface area (Å²) in [7, 11) is 0. The summed E-state index contributed by atoms with van der Waals surface area (Å²) in [4.78, 5) is 4.22. The van der Waals surface area contributed by atoms with Gasteiger partial charge >= 0.3 is 0 Å². The van der Waals surface area contributed by atoms with Gasteiger partial charge in [0.25, 0.3) is 0 Å². The summed E-state index contributed by atoms with van der Waals surface area (Å²) >= 11 is 0. The van der Waals surface area contributed by atoms with Gasteiger partial charge in [0.1, 0.15) is 11.6 Å². The van der Waals surface area contributed by atoms with Crippen molar-refractivity contribution >= 4 is 5.82 Å². The van der Waals surface area contributed by atoms with Crippen molar-refractivity contribution in [3.05, 3.63) is 53.2 Å². The van der Waals surface area contributed by atoms with Crippen molar-refractivity contribution in [2.45, 2.75) is 25.3 Å². The smallest absolute Gasteiger partial charge is 0.128 e. The molecular formula is C16H19N3O. The monoisotopic (exact) mass is 269 g/mol. The Bertz CT molecular complexity index is 627. The number of pyridine rings is 1. The van der Waals surface area contributed by atoms with Gasteiger partial charge in [-0.25, -0.2) is 4.98 Å². The second-order valence-corrected chi connectivity index (χ2v) is 5.29. The number of nitrogens with two attached hydrogens (primary N) is 2. The molecule has 0 saturated carbocycles. The highest BCUT2D eigenvalue weighted by atomic mass is 16.5. The van der Waals surface area contributed by atoms with Crippen molar-refractivity contribution < 1.29 is 4.74 Å². The first kappa shape index (κ1) is 12.9. The molecule has 2 aromatic rings. The van der Waals surface area contributed by atoms with Crippen LogP contribution >= 0.6 is 0 Å². The first-order valence-electron chi connectivity index (χ1n) is 6.86. The normalized spacial score (nSPS) is 19.0. The van der Waals surface area contributed by atoms with E-state index in [1.807, 2.05) is 31.2 Å². The second-order valence-electron chi connectivity index (χ2n) is 5.29. The Morgan fingerprint density at radius 2 is 2.15 bits per heavy atom. The first-order chi connectivity index (χ1) is 9.66. The van der Waals surface area contributed by atoms with Gasteiger partial charge < -0.3 is 16.2 Å². The van der Waals surface area contributed by atoms with Crippen LogP contribution in [-0.4, -0.2) is 11.6 Å². The Morgan fingerprint density at radius 3 is 3.00 bits per heavy atom. The molecule has 20 heavy (non-hydrogen) atoms. The molecule has 0 aliphatic carbocycles. The minimum absolute atomic E-state index is 0.160. The molecule has 4 nitrogen and oxygen atoms in total. The predicted octanol–water partition coefficient (Wildman–Crippen LogP) is 2.54. The van der Waals surface area contributed by atoms with Crippen LogP contribution in [0.3, 0.4) is 0 Å². The van der Waals surface area contributed by atoms with Gasteiger partial charge in [0, 0.05) is 23.7 Å². The summed E-state index contributed by atoms with van der Waals surface area (Å²) in [6, 6.07) is 9.95. The average molecular weight is 269 g/mol. The molecule has 4 N–H and O–H groups in total. The van der Waals surface area contributed by atoms with Gasteiger partial charge in [0.2, 0.25) is 0 Å². The highest BCUT2D eigenvalue weighted by molar-refractivity contribution is 5.47. The van der Waals surface area contributed by atoms with Crippen LogP contribution in [-0.2, 0) is 0 Å². The van der Waals surface area contributed by atoms with Crippen molar-refractivity contribution in [1.29, 1.82) is 0 Å². The summed E-state index contributed by atoms with van der Waals surface area (Å²) in [6.45, 7) is 2.69. The predicted molar refractivity (Wildman–Crippen MR) is 79.6 cm³/mol. The number of aromatic nitrogens is 1. The molecule has 4 heteroatoms. The van der Waals surface area contributed by atoms with Crippen molar-refractivity contribution in [2.75, 3.05) is 12.3 Å². The zero-order valence-corrected chi connectivity index (χ0v) is 11.5. The number of aryl methyl sites for hydroxylation is 1. The largest absolute Gasteiger partial charge is 0.493 e. The lowest BCUT2D eigenvalue weighted by molar-refractivity contribution is 0.256. The summed E-state index contributed by atoms with van der Waals surface area (Å²) in [5.74, 6) is 1.66. The second kappa shape index (κ2) is 5.13. The minimum Gasteiger partial charge on any atom is -0.493 e. The van der Waals surface area contributed by atoms with E-state index < -0.39 is 0 Å². The number of nitrogens with zero attached hydrogens (tertiary/aromatic N) is 1. The summed E-state index contributed by atoms with van der Waals surface area (Å²) in [5.41, 5.74) is 15.6. The van der Waals surface area contributed by atoms with Crippen LogP contribution < -0.4 is 16.2 Å². The van der Waals surface area contributed by atoms with E-state index >= 15 is 0 Å². The summed E-state index contributed by atoms with van der Waals surface area (Å²) < 4.78 is 5.69. The Kier molecular flexibility index (Phi) is 3.32. The van der Waals surface area contributed by atoms with E-state index in [-0.39, 0.29) is 12.0 Å². The lowest BCUT2D eigenvalue weighted by Gasteiger charge is -2.30. The number of hydrogen-bond acceptors (Lipinski definition) is 4. The van der Waals surface area contributed by atoms with Crippen LogP contribution in [0.2, 0.25) is 0 Å². The van der Waals surface area contributed by atoms with Gasteiger partial charge in [-0.3, -0.25) is 0 Å². The minimum atomic E-state index is -0.160. The number of benzene rings is 1. The fourth-order valence-corrected chi connectivity index (χ4v) is 2.83. The summed E-state index contributed by atoms with van der Waals surface area (Å²) in [6.07, 6.45) is 2.66. The highest BCUT2D eigenvalue weighted by Crippen LogP contribution is 2.41. The molecule has 0 amide bonds. The molecule has 104 valence electrons. The quantitative estimate of drug-likeness (QED) is 0.878. The number of para-hydroxylation sites is 1. The number of anilines is 1.